The molecule has 2 heterocycles. The van der Waals surface area contributed by atoms with Crippen molar-refractivity contribution in [2.45, 2.75) is 57.2 Å². The summed E-state index contributed by atoms with van der Waals surface area (Å²) in [6.07, 6.45) is 5.76. The lowest BCUT2D eigenvalue weighted by molar-refractivity contribution is -0.137. The van der Waals surface area contributed by atoms with E-state index in [1.54, 1.807) is 35.9 Å². The summed E-state index contributed by atoms with van der Waals surface area (Å²) < 4.78 is 1.44. The number of rotatable bonds is 7. The minimum Gasteiger partial charge on any atom is -0.338 e. The van der Waals surface area contributed by atoms with Gasteiger partial charge in [0.05, 0.1) is 11.2 Å². The van der Waals surface area contributed by atoms with Crippen LogP contribution in [0.25, 0.3) is 5.69 Å². The van der Waals surface area contributed by atoms with Gasteiger partial charge in [-0.05, 0) is 69.8 Å². The second kappa shape index (κ2) is 11.4. The van der Waals surface area contributed by atoms with Crippen LogP contribution in [0.2, 0.25) is 0 Å². The van der Waals surface area contributed by atoms with Crippen LogP contribution in [0.1, 0.15) is 38.7 Å². The molecule has 0 spiro atoms. The summed E-state index contributed by atoms with van der Waals surface area (Å²) in [5.74, 6) is 0.0407. The monoisotopic (exact) mass is 510 g/mol. The van der Waals surface area contributed by atoms with Gasteiger partial charge < -0.3 is 26.6 Å². The number of nitrogens with two attached hydrogens (primary N) is 2. The van der Waals surface area contributed by atoms with Crippen molar-refractivity contribution in [1.82, 2.24) is 24.7 Å². The molecule has 1 saturated heterocycles. The lowest BCUT2D eigenvalue weighted by Gasteiger charge is -2.37. The maximum atomic E-state index is 12.7. The van der Waals surface area contributed by atoms with Gasteiger partial charge in [0.1, 0.15) is 5.82 Å². The van der Waals surface area contributed by atoms with Crippen LogP contribution < -0.4 is 27.8 Å². The molecule has 200 valence electrons. The second-order valence-corrected chi connectivity index (χ2v) is 10.5. The van der Waals surface area contributed by atoms with Crippen LogP contribution in [0, 0.1) is 0 Å². The van der Waals surface area contributed by atoms with Crippen LogP contribution in [0.3, 0.4) is 0 Å². The first-order valence-corrected chi connectivity index (χ1v) is 12.9. The minimum absolute atomic E-state index is 0.142. The SMILES string of the molecule is CC(C)(N)C(=O)N1CCN(C(=O)Nc2ccn(-c3ccc(CCN[C@@H]4CCC(N)C4)cc3)c(=O)n2)CC1. The van der Waals surface area contributed by atoms with E-state index in [4.69, 9.17) is 11.5 Å². The fraction of sp³-hybridized carbons (Fsp3) is 0.538. The molecule has 1 aromatic heterocycles. The molecule has 11 nitrogen and oxygen atoms in total. The number of hydrogen-bond donors (Lipinski definition) is 4. The molecule has 2 aliphatic rings. The van der Waals surface area contributed by atoms with E-state index in [-0.39, 0.29) is 17.8 Å². The maximum absolute atomic E-state index is 12.7. The van der Waals surface area contributed by atoms with Crippen LogP contribution in [0.5, 0.6) is 0 Å². The van der Waals surface area contributed by atoms with Crippen molar-refractivity contribution >= 4 is 17.8 Å². The zero-order valence-corrected chi connectivity index (χ0v) is 21.7. The second-order valence-electron chi connectivity index (χ2n) is 10.5. The number of piperazine rings is 1. The van der Waals surface area contributed by atoms with E-state index < -0.39 is 11.2 Å². The molecule has 3 amide bonds. The first-order valence-electron chi connectivity index (χ1n) is 12.9. The minimum atomic E-state index is -0.945. The average molecular weight is 511 g/mol. The lowest BCUT2D eigenvalue weighted by atomic mass is 10.1. The molecule has 37 heavy (non-hydrogen) atoms. The van der Waals surface area contributed by atoms with Crippen molar-refractivity contribution in [3.05, 3.63) is 52.6 Å². The normalized spacial score (nSPS) is 20.2. The molecule has 6 N–H and O–H groups in total. The molecule has 2 atom stereocenters. The van der Waals surface area contributed by atoms with E-state index in [1.165, 1.54) is 10.1 Å². The van der Waals surface area contributed by atoms with Gasteiger partial charge in [0.15, 0.2) is 0 Å². The molecule has 11 heteroatoms. The Bertz CT molecular complexity index is 1150. The molecule has 1 unspecified atom stereocenters. The molecule has 1 saturated carbocycles. The van der Waals surface area contributed by atoms with Crippen LogP contribution in [-0.4, -0.2) is 81.6 Å². The number of amides is 3. The Balaban J connectivity index is 1.28. The zero-order valence-electron chi connectivity index (χ0n) is 21.7. The Hall–Kier alpha value is -3.28. The van der Waals surface area contributed by atoms with E-state index in [1.807, 2.05) is 24.3 Å². The number of carbonyl (C=O) groups excluding carboxylic acids is 2. The highest BCUT2D eigenvalue weighted by Gasteiger charge is 2.31. The van der Waals surface area contributed by atoms with Crippen LogP contribution in [0.4, 0.5) is 10.6 Å². The quantitative estimate of drug-likeness (QED) is 0.427. The molecule has 0 radical (unpaired) electrons. The zero-order chi connectivity index (χ0) is 26.6. The number of urea groups is 1. The topological polar surface area (TPSA) is 152 Å². The van der Waals surface area contributed by atoms with Gasteiger partial charge in [0, 0.05) is 44.5 Å². The van der Waals surface area contributed by atoms with E-state index in [0.717, 1.165) is 32.2 Å². The Kier molecular flexibility index (Phi) is 8.25. The Morgan fingerprint density at radius 3 is 2.32 bits per heavy atom. The number of nitrogens with zero attached hydrogens (tertiary/aromatic N) is 4. The summed E-state index contributed by atoms with van der Waals surface area (Å²) in [5, 5.41) is 6.25. The van der Waals surface area contributed by atoms with Gasteiger partial charge in [-0.1, -0.05) is 12.1 Å². The summed E-state index contributed by atoms with van der Waals surface area (Å²) in [4.78, 5) is 44.9. The van der Waals surface area contributed by atoms with Gasteiger partial charge in [-0.25, -0.2) is 9.59 Å². The van der Waals surface area contributed by atoms with Gasteiger partial charge in [0.2, 0.25) is 5.91 Å². The van der Waals surface area contributed by atoms with Gasteiger partial charge in [0.25, 0.3) is 0 Å². The van der Waals surface area contributed by atoms with Crippen LogP contribution >= 0.6 is 0 Å². The van der Waals surface area contributed by atoms with Crippen molar-refractivity contribution < 1.29 is 9.59 Å². The lowest BCUT2D eigenvalue weighted by Crippen LogP contribution is -2.58. The van der Waals surface area contributed by atoms with Gasteiger partial charge >= 0.3 is 11.7 Å². The number of carbonyl (C=O) groups is 2. The standard InChI is InChI=1S/C26H38N8O3/c1-26(2,28)23(35)32-13-15-33(16-14-32)24(36)30-22-10-12-34(25(37)31-22)21-7-3-18(4-8-21)9-11-29-20-6-5-19(27)17-20/h3-4,7-8,10,12,19-20,29H,5-6,9,11,13-17,27-28H2,1-2H3,(H,30,31,36,37)/t19?,20-/m1/s1. The highest BCUT2D eigenvalue weighted by atomic mass is 16.2. The summed E-state index contributed by atoms with van der Waals surface area (Å²) in [6, 6.07) is 9.87. The first kappa shape index (κ1) is 26.8. The number of aromatic nitrogens is 2. The fourth-order valence-electron chi connectivity index (χ4n) is 4.82. The van der Waals surface area contributed by atoms with Crippen molar-refractivity contribution in [3.8, 4) is 5.69 Å². The predicted octanol–water partition coefficient (Wildman–Crippen LogP) is 0.658. The maximum Gasteiger partial charge on any atom is 0.354 e. The molecule has 1 aromatic carbocycles. The smallest absolute Gasteiger partial charge is 0.338 e. The van der Waals surface area contributed by atoms with E-state index in [0.29, 0.717) is 44.0 Å². The molecule has 4 rings (SSSR count). The van der Waals surface area contributed by atoms with Gasteiger partial charge in [-0.15, -0.1) is 0 Å². The van der Waals surface area contributed by atoms with Crippen molar-refractivity contribution in [2.75, 3.05) is 38.0 Å². The molecular weight excluding hydrogens is 472 g/mol. The Morgan fingerprint density at radius 2 is 1.73 bits per heavy atom. The van der Waals surface area contributed by atoms with Crippen molar-refractivity contribution in [2.24, 2.45) is 11.5 Å². The van der Waals surface area contributed by atoms with Crippen LogP contribution in [-0.2, 0) is 11.2 Å². The van der Waals surface area contributed by atoms with Crippen molar-refractivity contribution in [1.29, 1.82) is 0 Å². The van der Waals surface area contributed by atoms with E-state index in [9.17, 15) is 14.4 Å². The third-order valence-electron chi connectivity index (χ3n) is 6.98. The summed E-state index contributed by atoms with van der Waals surface area (Å²) in [7, 11) is 0. The highest BCUT2D eigenvalue weighted by Crippen LogP contribution is 2.17. The first-order chi connectivity index (χ1) is 17.6. The van der Waals surface area contributed by atoms with Gasteiger partial charge in [-0.3, -0.25) is 14.7 Å². The Morgan fingerprint density at radius 1 is 1.05 bits per heavy atom. The molecule has 2 fully saturated rings. The summed E-state index contributed by atoms with van der Waals surface area (Å²) in [6.45, 7) is 5.79. The van der Waals surface area contributed by atoms with Crippen LogP contribution in [0.15, 0.2) is 41.3 Å². The molecule has 2 aromatic rings. The molecular formula is C26H38N8O3. The average Bonchev–Trinajstić information content (AvgIpc) is 3.28. The predicted molar refractivity (Wildman–Crippen MR) is 143 cm³/mol. The highest BCUT2D eigenvalue weighted by molar-refractivity contribution is 5.89. The molecule has 1 aliphatic carbocycles. The Labute approximate surface area is 217 Å². The largest absolute Gasteiger partial charge is 0.354 e. The molecule has 0 bridgehead atoms. The number of anilines is 1. The number of benzene rings is 1. The fourth-order valence-corrected chi connectivity index (χ4v) is 4.82. The number of hydrogen-bond acceptors (Lipinski definition) is 7. The summed E-state index contributed by atoms with van der Waals surface area (Å²) in [5.41, 5.74) is 12.3. The van der Waals surface area contributed by atoms with E-state index >= 15 is 0 Å². The van der Waals surface area contributed by atoms with E-state index in [2.05, 4.69) is 15.6 Å². The molecule has 1 aliphatic heterocycles. The third-order valence-corrected chi connectivity index (χ3v) is 6.98. The summed E-state index contributed by atoms with van der Waals surface area (Å²) >= 11 is 0. The van der Waals surface area contributed by atoms with Gasteiger partial charge in [-0.2, -0.15) is 4.98 Å². The third kappa shape index (κ3) is 6.94. The number of nitrogens with one attached hydrogen (secondary N) is 2. The van der Waals surface area contributed by atoms with Crippen molar-refractivity contribution in [3.63, 3.8) is 0 Å².